The van der Waals surface area contributed by atoms with Gasteiger partial charge >= 0.3 is 0 Å². The number of amides is 1. The number of hydrogen-bond donors (Lipinski definition) is 0. The Labute approximate surface area is 149 Å². The highest BCUT2D eigenvalue weighted by molar-refractivity contribution is 7.89. The zero-order valence-electron chi connectivity index (χ0n) is 14.7. The second-order valence-electron chi connectivity index (χ2n) is 6.68. The molecule has 0 spiro atoms. The summed E-state index contributed by atoms with van der Waals surface area (Å²) in [6.07, 6.45) is 3.15. The molecule has 138 valence electrons. The number of carbonyl (C=O) groups is 1. The largest absolute Gasteiger partial charge is 0.379 e. The van der Waals surface area contributed by atoms with Crippen LogP contribution in [-0.4, -0.2) is 62.9 Å². The summed E-state index contributed by atoms with van der Waals surface area (Å²) in [5.41, 5.74) is 0.283. The normalized spacial score (nSPS) is 22.8. The van der Waals surface area contributed by atoms with Crippen LogP contribution in [-0.2, 0) is 14.8 Å². The number of morpholine rings is 1. The van der Waals surface area contributed by atoms with Gasteiger partial charge in [-0.15, -0.1) is 0 Å². The van der Waals surface area contributed by atoms with Crippen molar-refractivity contribution in [3.05, 3.63) is 29.8 Å². The number of nitrogens with zero attached hydrogens (tertiary/aromatic N) is 2. The van der Waals surface area contributed by atoms with E-state index in [4.69, 9.17) is 4.74 Å². The van der Waals surface area contributed by atoms with E-state index in [1.165, 1.54) is 4.31 Å². The molecule has 2 aliphatic rings. The summed E-state index contributed by atoms with van der Waals surface area (Å²) in [7, 11) is -3.69. The van der Waals surface area contributed by atoms with Crippen molar-refractivity contribution < 1.29 is 17.9 Å². The van der Waals surface area contributed by atoms with Crippen LogP contribution in [0.15, 0.2) is 29.2 Å². The van der Waals surface area contributed by atoms with Crippen molar-refractivity contribution >= 4 is 15.9 Å². The van der Waals surface area contributed by atoms with Crippen molar-refractivity contribution in [3.8, 4) is 0 Å². The Balaban J connectivity index is 1.89. The molecular formula is C18H26N2O4S. The van der Waals surface area contributed by atoms with Crippen LogP contribution in [0.4, 0.5) is 0 Å². The Bertz CT molecular complexity index is 714. The quantitative estimate of drug-likeness (QED) is 0.817. The molecule has 0 aromatic heterocycles. The van der Waals surface area contributed by atoms with Gasteiger partial charge in [0, 0.05) is 26.2 Å². The van der Waals surface area contributed by atoms with Gasteiger partial charge in [-0.05, 0) is 30.9 Å². The standard InChI is InChI=1S/C18H26N2O4S/c1-2-15-6-5-9-19(14-15)18(21)16-7-3-4-8-17(16)25(22,23)20-10-12-24-13-11-20/h3-4,7-8,15H,2,5-6,9-14H2,1H3. The average molecular weight is 366 g/mol. The molecule has 1 aromatic carbocycles. The minimum atomic E-state index is -3.69. The topological polar surface area (TPSA) is 66.9 Å². The van der Waals surface area contributed by atoms with Crippen LogP contribution in [0.2, 0.25) is 0 Å². The summed E-state index contributed by atoms with van der Waals surface area (Å²) in [6, 6.07) is 6.58. The van der Waals surface area contributed by atoms with Crippen molar-refractivity contribution in [1.82, 2.24) is 9.21 Å². The third kappa shape index (κ3) is 3.88. The summed E-state index contributed by atoms with van der Waals surface area (Å²) in [4.78, 5) is 15.0. The Kier molecular flexibility index (Phi) is 5.76. The summed E-state index contributed by atoms with van der Waals surface area (Å²) in [6.45, 7) is 4.97. The van der Waals surface area contributed by atoms with E-state index in [1.54, 1.807) is 24.3 Å². The number of sulfonamides is 1. The molecule has 2 saturated heterocycles. The molecule has 0 aliphatic carbocycles. The molecule has 25 heavy (non-hydrogen) atoms. The molecule has 6 nitrogen and oxygen atoms in total. The molecule has 1 amide bonds. The van der Waals surface area contributed by atoms with Gasteiger partial charge in [-0.2, -0.15) is 4.31 Å². The number of carbonyl (C=O) groups excluding carboxylic acids is 1. The van der Waals surface area contributed by atoms with Gasteiger partial charge in [0.2, 0.25) is 10.0 Å². The fraction of sp³-hybridized carbons (Fsp3) is 0.611. The lowest BCUT2D eigenvalue weighted by molar-refractivity contribution is 0.0665. The first-order valence-electron chi connectivity index (χ1n) is 9.00. The van der Waals surface area contributed by atoms with E-state index in [0.717, 1.165) is 19.3 Å². The molecular weight excluding hydrogens is 340 g/mol. The summed E-state index contributed by atoms with van der Waals surface area (Å²) in [5, 5.41) is 0. The van der Waals surface area contributed by atoms with E-state index < -0.39 is 10.0 Å². The molecule has 0 bridgehead atoms. The van der Waals surface area contributed by atoms with Crippen molar-refractivity contribution in [2.75, 3.05) is 39.4 Å². The highest BCUT2D eigenvalue weighted by Gasteiger charge is 2.32. The predicted octanol–water partition coefficient (Wildman–Crippen LogP) is 1.97. The molecule has 1 unspecified atom stereocenters. The van der Waals surface area contributed by atoms with Crippen molar-refractivity contribution in [2.24, 2.45) is 5.92 Å². The van der Waals surface area contributed by atoms with Gasteiger partial charge < -0.3 is 9.64 Å². The third-order valence-electron chi connectivity index (χ3n) is 5.09. The van der Waals surface area contributed by atoms with E-state index in [2.05, 4.69) is 6.92 Å². The molecule has 2 fully saturated rings. The minimum Gasteiger partial charge on any atom is -0.379 e. The van der Waals surface area contributed by atoms with E-state index in [-0.39, 0.29) is 16.4 Å². The number of ether oxygens (including phenoxy) is 1. The van der Waals surface area contributed by atoms with Crippen LogP contribution in [0.3, 0.4) is 0 Å². The van der Waals surface area contributed by atoms with Gasteiger partial charge in [-0.1, -0.05) is 25.5 Å². The average Bonchev–Trinajstić information content (AvgIpc) is 2.68. The lowest BCUT2D eigenvalue weighted by Crippen LogP contribution is -2.43. The number of likely N-dealkylation sites (tertiary alicyclic amines) is 1. The van der Waals surface area contributed by atoms with E-state index in [0.29, 0.717) is 45.3 Å². The zero-order valence-corrected chi connectivity index (χ0v) is 15.5. The fourth-order valence-corrected chi connectivity index (χ4v) is 5.14. The number of rotatable bonds is 4. The third-order valence-corrected chi connectivity index (χ3v) is 7.05. The molecule has 7 heteroatoms. The molecule has 1 aromatic rings. The van der Waals surface area contributed by atoms with Gasteiger partial charge in [0.15, 0.2) is 0 Å². The van der Waals surface area contributed by atoms with Gasteiger partial charge in [0.05, 0.1) is 23.7 Å². The number of hydrogen-bond acceptors (Lipinski definition) is 4. The maximum absolute atomic E-state index is 13.0. The molecule has 1 atom stereocenters. The zero-order chi connectivity index (χ0) is 17.9. The lowest BCUT2D eigenvalue weighted by Gasteiger charge is -2.33. The number of piperidine rings is 1. The maximum atomic E-state index is 13.0. The molecule has 2 heterocycles. The Morgan fingerprint density at radius 3 is 2.64 bits per heavy atom. The molecule has 0 saturated carbocycles. The van der Waals surface area contributed by atoms with Crippen LogP contribution in [0.25, 0.3) is 0 Å². The molecule has 2 aliphatic heterocycles. The van der Waals surface area contributed by atoms with E-state index in [1.807, 2.05) is 4.90 Å². The molecule has 0 N–H and O–H groups in total. The van der Waals surface area contributed by atoms with Gasteiger partial charge in [-0.25, -0.2) is 8.42 Å². The first kappa shape index (κ1) is 18.4. The van der Waals surface area contributed by atoms with Gasteiger partial charge in [0.1, 0.15) is 0 Å². The second-order valence-corrected chi connectivity index (χ2v) is 8.59. The highest BCUT2D eigenvalue weighted by atomic mass is 32.2. The Hall–Kier alpha value is -1.44. The van der Waals surface area contributed by atoms with Gasteiger partial charge in [-0.3, -0.25) is 4.79 Å². The highest BCUT2D eigenvalue weighted by Crippen LogP contribution is 2.25. The van der Waals surface area contributed by atoms with Crippen LogP contribution in [0, 0.1) is 5.92 Å². The fourth-order valence-electron chi connectivity index (χ4n) is 3.55. The monoisotopic (exact) mass is 366 g/mol. The maximum Gasteiger partial charge on any atom is 0.255 e. The van der Waals surface area contributed by atoms with Crippen LogP contribution in [0.5, 0.6) is 0 Å². The Morgan fingerprint density at radius 1 is 1.20 bits per heavy atom. The molecule has 3 rings (SSSR count). The predicted molar refractivity (Wildman–Crippen MR) is 94.9 cm³/mol. The van der Waals surface area contributed by atoms with Crippen LogP contribution < -0.4 is 0 Å². The Morgan fingerprint density at radius 2 is 1.92 bits per heavy atom. The van der Waals surface area contributed by atoms with Gasteiger partial charge in [0.25, 0.3) is 5.91 Å². The van der Waals surface area contributed by atoms with E-state index >= 15 is 0 Å². The SMILES string of the molecule is CCC1CCCN(C(=O)c2ccccc2S(=O)(=O)N2CCOCC2)C1. The lowest BCUT2D eigenvalue weighted by atomic mass is 9.95. The van der Waals surface area contributed by atoms with Crippen molar-refractivity contribution in [1.29, 1.82) is 0 Å². The second kappa shape index (κ2) is 7.85. The number of benzene rings is 1. The summed E-state index contributed by atoms with van der Waals surface area (Å²) in [5.74, 6) is 0.325. The van der Waals surface area contributed by atoms with Crippen molar-refractivity contribution in [2.45, 2.75) is 31.1 Å². The summed E-state index contributed by atoms with van der Waals surface area (Å²) >= 11 is 0. The summed E-state index contributed by atoms with van der Waals surface area (Å²) < 4.78 is 32.7. The van der Waals surface area contributed by atoms with Crippen LogP contribution >= 0.6 is 0 Å². The first-order valence-corrected chi connectivity index (χ1v) is 10.4. The smallest absolute Gasteiger partial charge is 0.255 e. The van der Waals surface area contributed by atoms with E-state index in [9.17, 15) is 13.2 Å². The first-order chi connectivity index (χ1) is 12.0. The van der Waals surface area contributed by atoms with Crippen LogP contribution in [0.1, 0.15) is 36.5 Å². The molecule has 0 radical (unpaired) electrons. The van der Waals surface area contributed by atoms with Crippen molar-refractivity contribution in [3.63, 3.8) is 0 Å². The minimum absolute atomic E-state index is 0.112.